The number of thioether (sulfide) groups is 1. The molecule has 1 aromatic rings. The van der Waals surface area contributed by atoms with Crippen LogP contribution in [-0.4, -0.2) is 26.6 Å². The van der Waals surface area contributed by atoms with Crippen molar-refractivity contribution < 1.29 is 9.47 Å². The molecule has 4 heteroatoms. The van der Waals surface area contributed by atoms with Gasteiger partial charge in [-0.2, -0.15) is 0 Å². The normalized spacial score (nSPS) is 10.3. The lowest BCUT2D eigenvalue weighted by Gasteiger charge is -2.07. The molecule has 84 valence electrons. The summed E-state index contributed by atoms with van der Waals surface area (Å²) in [6.07, 6.45) is 1.03. The van der Waals surface area contributed by atoms with Gasteiger partial charge < -0.3 is 15.2 Å². The van der Waals surface area contributed by atoms with Gasteiger partial charge in [0, 0.05) is 30.1 Å². The summed E-state index contributed by atoms with van der Waals surface area (Å²) in [5.74, 6) is 1.85. The Bertz CT molecular complexity index is 305. The molecule has 0 aliphatic rings. The van der Waals surface area contributed by atoms with E-state index in [-0.39, 0.29) is 0 Å². The lowest BCUT2D eigenvalue weighted by molar-refractivity contribution is 0.200. The zero-order valence-corrected chi connectivity index (χ0v) is 9.97. The molecule has 0 unspecified atom stereocenters. The van der Waals surface area contributed by atoms with Crippen LogP contribution in [0.2, 0.25) is 0 Å². The number of hydrogen-bond acceptors (Lipinski definition) is 4. The van der Waals surface area contributed by atoms with Crippen molar-refractivity contribution in [2.45, 2.75) is 11.3 Å². The molecule has 0 amide bonds. The van der Waals surface area contributed by atoms with Gasteiger partial charge in [0.15, 0.2) is 0 Å². The maximum Gasteiger partial charge on any atom is 0.120 e. The average Bonchev–Trinajstić information content (AvgIpc) is 2.26. The molecule has 0 radical (unpaired) electrons. The van der Waals surface area contributed by atoms with Crippen LogP contribution < -0.4 is 10.5 Å². The summed E-state index contributed by atoms with van der Waals surface area (Å²) in [5.41, 5.74) is 6.66. The van der Waals surface area contributed by atoms with Gasteiger partial charge in [0.25, 0.3) is 0 Å². The average molecular weight is 227 g/mol. The van der Waals surface area contributed by atoms with E-state index in [0.717, 1.165) is 35.1 Å². The summed E-state index contributed by atoms with van der Waals surface area (Å²) in [4.78, 5) is 1.07. The number of ether oxygens (including phenoxy) is 2. The second-order valence-corrected chi connectivity index (χ2v) is 4.24. The van der Waals surface area contributed by atoms with Crippen molar-refractivity contribution in [2.24, 2.45) is 0 Å². The first-order valence-corrected chi connectivity index (χ1v) is 5.81. The zero-order valence-electron chi connectivity index (χ0n) is 9.16. The van der Waals surface area contributed by atoms with Crippen molar-refractivity contribution in [3.8, 4) is 5.75 Å². The molecule has 15 heavy (non-hydrogen) atoms. The topological polar surface area (TPSA) is 44.5 Å². The van der Waals surface area contributed by atoms with Crippen LogP contribution in [0.1, 0.15) is 6.42 Å². The highest BCUT2D eigenvalue weighted by molar-refractivity contribution is 7.99. The Balaban J connectivity index is 2.51. The van der Waals surface area contributed by atoms with Crippen LogP contribution in [0.5, 0.6) is 5.75 Å². The second kappa shape index (κ2) is 6.58. The number of nitrogen functional groups attached to an aromatic ring is 1. The fraction of sp³-hybridized carbons (Fsp3) is 0.455. The van der Waals surface area contributed by atoms with Gasteiger partial charge in [0.1, 0.15) is 5.75 Å². The maximum atomic E-state index is 5.85. The predicted molar refractivity (Wildman–Crippen MR) is 64.6 cm³/mol. The van der Waals surface area contributed by atoms with Crippen molar-refractivity contribution in [1.29, 1.82) is 0 Å². The van der Waals surface area contributed by atoms with Gasteiger partial charge in [0.2, 0.25) is 0 Å². The van der Waals surface area contributed by atoms with Gasteiger partial charge in [-0.15, -0.1) is 11.8 Å². The van der Waals surface area contributed by atoms with Crippen LogP contribution in [0.25, 0.3) is 0 Å². The first-order chi connectivity index (χ1) is 7.27. The van der Waals surface area contributed by atoms with Crippen molar-refractivity contribution in [3.05, 3.63) is 18.2 Å². The molecule has 3 nitrogen and oxygen atoms in total. The summed E-state index contributed by atoms with van der Waals surface area (Å²) >= 11 is 1.73. The standard InChI is InChI=1S/C11H17NO2S/c1-13-6-3-7-15-11-8-9(14-2)4-5-10(11)12/h4-5,8H,3,6-7,12H2,1-2H3. The van der Waals surface area contributed by atoms with E-state index in [9.17, 15) is 0 Å². The van der Waals surface area contributed by atoms with E-state index in [1.807, 2.05) is 18.2 Å². The van der Waals surface area contributed by atoms with Gasteiger partial charge in [-0.05, 0) is 24.6 Å². The second-order valence-electron chi connectivity index (χ2n) is 3.10. The van der Waals surface area contributed by atoms with Crippen LogP contribution in [0.3, 0.4) is 0 Å². The maximum absolute atomic E-state index is 5.85. The largest absolute Gasteiger partial charge is 0.497 e. The molecule has 0 aromatic heterocycles. The van der Waals surface area contributed by atoms with Gasteiger partial charge in [-0.1, -0.05) is 0 Å². The molecule has 0 saturated heterocycles. The van der Waals surface area contributed by atoms with Gasteiger partial charge >= 0.3 is 0 Å². The highest BCUT2D eigenvalue weighted by atomic mass is 32.2. The van der Waals surface area contributed by atoms with E-state index < -0.39 is 0 Å². The minimum absolute atomic E-state index is 0.789. The Morgan fingerprint density at radius 1 is 1.33 bits per heavy atom. The molecule has 0 aliphatic carbocycles. The monoisotopic (exact) mass is 227 g/mol. The third kappa shape index (κ3) is 4.01. The van der Waals surface area contributed by atoms with E-state index in [0.29, 0.717) is 0 Å². The predicted octanol–water partition coefficient (Wildman–Crippen LogP) is 2.41. The van der Waals surface area contributed by atoms with Crippen LogP contribution in [-0.2, 0) is 4.74 Å². The van der Waals surface area contributed by atoms with Gasteiger partial charge in [-0.25, -0.2) is 0 Å². The molecule has 2 N–H and O–H groups in total. The van der Waals surface area contributed by atoms with Crippen LogP contribution in [0.4, 0.5) is 5.69 Å². The zero-order chi connectivity index (χ0) is 11.1. The Kier molecular flexibility index (Phi) is 5.36. The minimum Gasteiger partial charge on any atom is -0.497 e. The van der Waals surface area contributed by atoms with Gasteiger partial charge in [0.05, 0.1) is 7.11 Å². The summed E-state index contributed by atoms with van der Waals surface area (Å²) in [6.45, 7) is 0.789. The summed E-state index contributed by atoms with van der Waals surface area (Å²) in [5, 5.41) is 0. The number of anilines is 1. The molecular formula is C11H17NO2S. The van der Waals surface area contributed by atoms with Crippen molar-refractivity contribution in [1.82, 2.24) is 0 Å². The SMILES string of the molecule is COCCCSc1cc(OC)ccc1N. The quantitative estimate of drug-likeness (QED) is 0.460. The van der Waals surface area contributed by atoms with Crippen LogP contribution in [0, 0.1) is 0 Å². The van der Waals surface area contributed by atoms with E-state index in [2.05, 4.69) is 0 Å². The molecular weight excluding hydrogens is 210 g/mol. The number of nitrogens with two attached hydrogens (primary N) is 1. The molecule has 0 saturated carbocycles. The number of benzene rings is 1. The smallest absolute Gasteiger partial charge is 0.120 e. The van der Waals surface area contributed by atoms with E-state index in [4.69, 9.17) is 15.2 Å². The molecule has 0 bridgehead atoms. The Morgan fingerprint density at radius 3 is 2.80 bits per heavy atom. The first kappa shape index (κ1) is 12.2. The first-order valence-electron chi connectivity index (χ1n) is 4.83. The Labute approximate surface area is 94.9 Å². The third-order valence-corrected chi connectivity index (χ3v) is 3.13. The minimum atomic E-state index is 0.789. The molecule has 0 atom stereocenters. The highest BCUT2D eigenvalue weighted by Gasteiger charge is 2.01. The van der Waals surface area contributed by atoms with Gasteiger partial charge in [-0.3, -0.25) is 0 Å². The lowest BCUT2D eigenvalue weighted by Crippen LogP contribution is -1.93. The Hall–Kier alpha value is -0.870. The van der Waals surface area contributed by atoms with E-state index >= 15 is 0 Å². The fourth-order valence-corrected chi connectivity index (χ4v) is 2.07. The van der Waals surface area contributed by atoms with Crippen LogP contribution in [0.15, 0.2) is 23.1 Å². The van der Waals surface area contributed by atoms with E-state index in [1.54, 1.807) is 26.0 Å². The number of hydrogen-bond donors (Lipinski definition) is 1. The summed E-state index contributed by atoms with van der Waals surface area (Å²) in [6, 6.07) is 5.71. The van der Waals surface area contributed by atoms with Crippen molar-refractivity contribution in [2.75, 3.05) is 32.3 Å². The molecule has 1 aromatic carbocycles. The van der Waals surface area contributed by atoms with Crippen molar-refractivity contribution in [3.63, 3.8) is 0 Å². The summed E-state index contributed by atoms with van der Waals surface area (Å²) in [7, 11) is 3.37. The van der Waals surface area contributed by atoms with Crippen LogP contribution >= 0.6 is 11.8 Å². The lowest BCUT2D eigenvalue weighted by atomic mass is 10.3. The Morgan fingerprint density at radius 2 is 2.13 bits per heavy atom. The molecule has 0 fully saturated rings. The number of rotatable bonds is 6. The molecule has 0 aliphatic heterocycles. The third-order valence-electron chi connectivity index (χ3n) is 1.97. The fourth-order valence-electron chi connectivity index (χ4n) is 1.15. The molecule has 0 spiro atoms. The van der Waals surface area contributed by atoms with E-state index in [1.165, 1.54) is 0 Å². The van der Waals surface area contributed by atoms with Crippen molar-refractivity contribution >= 4 is 17.4 Å². The number of methoxy groups -OCH3 is 2. The molecule has 1 rings (SSSR count). The highest BCUT2D eigenvalue weighted by Crippen LogP contribution is 2.29. The summed E-state index contributed by atoms with van der Waals surface area (Å²) < 4.78 is 10.1. The molecule has 0 heterocycles.